The van der Waals surface area contributed by atoms with Crippen molar-refractivity contribution in [2.45, 2.75) is 19.4 Å². The highest BCUT2D eigenvalue weighted by Crippen LogP contribution is 2.29. The molecule has 28 heavy (non-hydrogen) atoms. The predicted octanol–water partition coefficient (Wildman–Crippen LogP) is 3.78. The maximum absolute atomic E-state index is 13.4. The molecule has 1 aromatic carbocycles. The van der Waals surface area contributed by atoms with E-state index in [0.717, 1.165) is 11.3 Å². The van der Waals surface area contributed by atoms with Gasteiger partial charge in [-0.25, -0.2) is 13.2 Å². The summed E-state index contributed by atoms with van der Waals surface area (Å²) < 4.78 is 74.6. The Morgan fingerprint density at radius 3 is 2.00 bits per heavy atom. The summed E-state index contributed by atoms with van der Waals surface area (Å²) in [6.07, 6.45) is -1.40. The molecule has 7 nitrogen and oxygen atoms in total. The molecule has 0 atom stereocenters. The fraction of sp³-hybridized carbons (Fsp3) is 0.200. The van der Waals surface area contributed by atoms with Crippen LogP contribution in [0.25, 0.3) is 0 Å². The van der Waals surface area contributed by atoms with Gasteiger partial charge < -0.3 is 9.47 Å². The van der Waals surface area contributed by atoms with Crippen molar-refractivity contribution < 1.29 is 45.9 Å². The third-order valence-corrected chi connectivity index (χ3v) is 4.13. The van der Waals surface area contributed by atoms with Crippen molar-refractivity contribution in [3.05, 3.63) is 56.2 Å². The van der Waals surface area contributed by atoms with Gasteiger partial charge in [0.2, 0.25) is 34.8 Å². The van der Waals surface area contributed by atoms with E-state index in [2.05, 4.69) is 4.74 Å². The van der Waals surface area contributed by atoms with Gasteiger partial charge in [0.25, 0.3) is 0 Å². The van der Waals surface area contributed by atoms with Crippen molar-refractivity contribution in [1.29, 1.82) is 0 Å². The van der Waals surface area contributed by atoms with Crippen LogP contribution in [0.3, 0.4) is 0 Å². The van der Waals surface area contributed by atoms with Crippen molar-refractivity contribution in [1.82, 2.24) is 0 Å². The lowest BCUT2D eigenvalue weighted by atomic mass is 10.2. The molecule has 150 valence electrons. The normalized spacial score (nSPS) is 10.6. The molecule has 13 heteroatoms. The number of benzene rings is 1. The summed E-state index contributed by atoms with van der Waals surface area (Å²) in [4.78, 5) is 33.3. The summed E-state index contributed by atoms with van der Waals surface area (Å²) in [5.41, 5.74) is 0. The molecule has 0 aliphatic heterocycles. The van der Waals surface area contributed by atoms with E-state index in [0.29, 0.717) is 4.88 Å². The molecule has 0 aliphatic rings. The number of esters is 2. The highest BCUT2D eigenvalue weighted by molar-refractivity contribution is 7.15. The Morgan fingerprint density at radius 1 is 0.929 bits per heavy atom. The molecule has 2 rings (SSSR count). The second kappa shape index (κ2) is 8.73. The summed E-state index contributed by atoms with van der Waals surface area (Å²) in [5, 5.41) is 10.4. The van der Waals surface area contributed by atoms with E-state index in [4.69, 9.17) is 4.74 Å². The summed E-state index contributed by atoms with van der Waals surface area (Å²) in [6.45, 7) is -0.315. The van der Waals surface area contributed by atoms with Gasteiger partial charge in [0.05, 0.1) is 17.8 Å². The van der Waals surface area contributed by atoms with E-state index < -0.39 is 64.5 Å². The molecule has 0 fully saturated rings. The maximum atomic E-state index is 13.4. The second-order valence-corrected chi connectivity index (χ2v) is 6.18. The van der Waals surface area contributed by atoms with Gasteiger partial charge >= 0.3 is 16.9 Å². The van der Waals surface area contributed by atoms with Crippen LogP contribution in [0.2, 0.25) is 0 Å². The van der Waals surface area contributed by atoms with Crippen LogP contribution in [-0.4, -0.2) is 16.9 Å². The Labute approximate surface area is 156 Å². The molecular weight excluding hydrogens is 417 g/mol. The summed E-state index contributed by atoms with van der Waals surface area (Å²) in [6, 6.07) is 2.56. The van der Waals surface area contributed by atoms with E-state index >= 15 is 0 Å². The Kier molecular flexibility index (Phi) is 6.62. The van der Waals surface area contributed by atoms with Gasteiger partial charge in [0, 0.05) is 10.9 Å². The van der Waals surface area contributed by atoms with Crippen LogP contribution in [0.15, 0.2) is 12.1 Å². The zero-order chi connectivity index (χ0) is 21.0. The van der Waals surface area contributed by atoms with Crippen LogP contribution < -0.4 is 4.74 Å². The molecule has 0 radical (unpaired) electrons. The number of rotatable bonds is 7. The predicted molar refractivity (Wildman–Crippen MR) is 81.9 cm³/mol. The van der Waals surface area contributed by atoms with Gasteiger partial charge in [-0.1, -0.05) is 11.3 Å². The molecule has 0 saturated heterocycles. The zero-order valence-electron chi connectivity index (χ0n) is 13.5. The lowest BCUT2D eigenvalue weighted by Gasteiger charge is -2.08. The van der Waals surface area contributed by atoms with Crippen LogP contribution in [0.4, 0.5) is 27.0 Å². The lowest BCUT2D eigenvalue weighted by Crippen LogP contribution is -2.15. The first-order valence-corrected chi connectivity index (χ1v) is 8.04. The van der Waals surface area contributed by atoms with E-state index in [-0.39, 0.29) is 11.6 Å². The highest BCUT2D eigenvalue weighted by atomic mass is 32.1. The van der Waals surface area contributed by atoms with Gasteiger partial charge in [-0.2, -0.15) is 8.78 Å². The Morgan fingerprint density at radius 2 is 1.46 bits per heavy atom. The van der Waals surface area contributed by atoms with Crippen molar-refractivity contribution in [2.24, 2.45) is 0 Å². The number of ether oxygens (including phenoxy) is 2. The smallest absolute Gasteiger partial charge is 0.324 e. The van der Waals surface area contributed by atoms with Gasteiger partial charge in [-0.15, -0.1) is 0 Å². The minimum Gasteiger partial charge on any atom is -0.460 e. The van der Waals surface area contributed by atoms with E-state index in [9.17, 15) is 41.7 Å². The maximum Gasteiger partial charge on any atom is 0.324 e. The minimum absolute atomic E-state index is 0.169. The lowest BCUT2D eigenvalue weighted by molar-refractivity contribution is -0.380. The van der Waals surface area contributed by atoms with Crippen LogP contribution in [0.5, 0.6) is 5.75 Å². The molecule has 0 spiro atoms. The number of thiophene rings is 1. The Bertz CT molecular complexity index is 918. The topological polar surface area (TPSA) is 95.7 Å². The van der Waals surface area contributed by atoms with Crippen molar-refractivity contribution in [3.63, 3.8) is 0 Å². The fourth-order valence-electron chi connectivity index (χ4n) is 1.81. The van der Waals surface area contributed by atoms with E-state index in [1.54, 1.807) is 0 Å². The van der Waals surface area contributed by atoms with E-state index in [1.807, 2.05) is 0 Å². The SMILES string of the molecule is O=C(CCC(=O)Oc1c(F)c(F)c(F)c(F)c1F)OCc1ccc([N+](=O)[O-])s1. The molecule has 1 aromatic heterocycles. The van der Waals surface area contributed by atoms with Gasteiger partial charge in [-0.05, 0) is 6.07 Å². The van der Waals surface area contributed by atoms with Crippen molar-refractivity contribution >= 4 is 28.3 Å². The van der Waals surface area contributed by atoms with E-state index in [1.165, 1.54) is 12.1 Å². The third kappa shape index (κ3) is 4.79. The minimum atomic E-state index is -2.41. The standard InChI is InChI=1S/C15H8F5NO6S/c16-10-11(17)13(19)15(14(20)12(10)18)27-9(23)4-3-8(22)26-5-6-1-2-7(28-6)21(24)25/h1-2H,3-5H2. The van der Waals surface area contributed by atoms with Crippen LogP contribution >= 0.6 is 11.3 Å². The molecule has 0 amide bonds. The van der Waals surface area contributed by atoms with Gasteiger partial charge in [-0.3, -0.25) is 19.7 Å². The number of carbonyl (C=O) groups excluding carboxylic acids is 2. The number of carbonyl (C=O) groups is 2. The molecule has 0 N–H and O–H groups in total. The zero-order valence-corrected chi connectivity index (χ0v) is 14.3. The average Bonchev–Trinajstić information content (AvgIpc) is 3.14. The number of hydrogen-bond donors (Lipinski definition) is 0. The first-order valence-electron chi connectivity index (χ1n) is 7.22. The quantitative estimate of drug-likeness (QED) is 0.127. The molecule has 0 unspecified atom stereocenters. The Hall–Kier alpha value is -3.09. The molecule has 0 saturated carbocycles. The van der Waals surface area contributed by atoms with Crippen LogP contribution in [0.1, 0.15) is 17.7 Å². The van der Waals surface area contributed by atoms with Gasteiger partial charge in [0.15, 0.2) is 0 Å². The molecule has 0 aliphatic carbocycles. The second-order valence-electron chi connectivity index (χ2n) is 5.03. The Balaban J connectivity index is 1.88. The molecule has 1 heterocycles. The van der Waals surface area contributed by atoms with Crippen LogP contribution in [-0.2, 0) is 20.9 Å². The summed E-state index contributed by atoms with van der Waals surface area (Å²) >= 11 is 0.763. The number of hydrogen-bond acceptors (Lipinski definition) is 7. The molecule has 2 aromatic rings. The molecule has 0 bridgehead atoms. The number of halogens is 5. The van der Waals surface area contributed by atoms with Crippen molar-refractivity contribution in [2.75, 3.05) is 0 Å². The third-order valence-electron chi connectivity index (χ3n) is 3.12. The largest absolute Gasteiger partial charge is 0.460 e. The highest BCUT2D eigenvalue weighted by Gasteiger charge is 2.28. The summed E-state index contributed by atoms with van der Waals surface area (Å²) in [7, 11) is 0. The number of nitrogens with zero attached hydrogens (tertiary/aromatic N) is 1. The fourth-order valence-corrected chi connectivity index (χ4v) is 2.54. The van der Waals surface area contributed by atoms with Crippen LogP contribution in [0, 0.1) is 39.2 Å². The van der Waals surface area contributed by atoms with Gasteiger partial charge in [0.1, 0.15) is 6.61 Å². The number of nitro groups is 1. The first kappa shape index (κ1) is 21.2. The average molecular weight is 425 g/mol. The van der Waals surface area contributed by atoms with Crippen molar-refractivity contribution in [3.8, 4) is 5.75 Å². The molecular formula is C15H8F5NO6S. The monoisotopic (exact) mass is 425 g/mol. The first-order chi connectivity index (χ1) is 13.1. The summed E-state index contributed by atoms with van der Waals surface area (Å²) in [5.74, 6) is -15.8.